The third kappa shape index (κ3) is 2.28. The van der Waals surface area contributed by atoms with E-state index in [1.807, 2.05) is 5.92 Å². The maximum absolute atomic E-state index is 12.0. The average Bonchev–Trinajstić information content (AvgIpc) is 2.40. The highest BCUT2D eigenvalue weighted by Gasteiger charge is 2.58. The van der Waals surface area contributed by atoms with Gasteiger partial charge in [0.05, 0.1) is 0 Å². The van der Waals surface area contributed by atoms with Crippen LogP contribution in [0.1, 0.15) is 12.5 Å². The second-order valence-corrected chi connectivity index (χ2v) is 5.74. The fourth-order valence-corrected chi connectivity index (χ4v) is 2.92. The lowest BCUT2D eigenvalue weighted by Gasteiger charge is -2.36. The molecule has 3 atom stereocenters. The van der Waals surface area contributed by atoms with Crippen LogP contribution in [0.2, 0.25) is 0 Å². The summed E-state index contributed by atoms with van der Waals surface area (Å²) in [5.74, 6) is 0.347. The fraction of sp³-hybridized carbons (Fsp3) is 0.333. The zero-order valence-corrected chi connectivity index (χ0v) is 11.5. The van der Waals surface area contributed by atoms with E-state index in [9.17, 15) is 19.6 Å². The van der Waals surface area contributed by atoms with Crippen LogP contribution in [-0.4, -0.2) is 33.4 Å². The second kappa shape index (κ2) is 5.54. The molecule has 3 unspecified atom stereocenters. The van der Waals surface area contributed by atoms with E-state index >= 15 is 0 Å². The van der Waals surface area contributed by atoms with E-state index in [-0.39, 0.29) is 5.56 Å². The van der Waals surface area contributed by atoms with Crippen molar-refractivity contribution in [2.45, 2.75) is 17.7 Å². The van der Waals surface area contributed by atoms with Crippen molar-refractivity contribution in [2.75, 3.05) is 7.11 Å². The summed E-state index contributed by atoms with van der Waals surface area (Å²) in [4.78, 5) is 15.3. The monoisotopic (exact) mass is 283 g/mol. The van der Waals surface area contributed by atoms with Crippen LogP contribution in [0.4, 0.5) is 0 Å². The van der Waals surface area contributed by atoms with Crippen molar-refractivity contribution < 1.29 is 24.1 Å². The maximum atomic E-state index is 12.0. The molecule has 0 aliphatic carbocycles. The van der Waals surface area contributed by atoms with Crippen molar-refractivity contribution in [2.24, 2.45) is 0 Å². The summed E-state index contributed by atoms with van der Waals surface area (Å²) in [5.41, 5.74) is -1.95. The van der Waals surface area contributed by atoms with Crippen molar-refractivity contribution >= 4 is 14.0 Å². The minimum Gasteiger partial charge on any atom is -0.480 e. The topological polar surface area (TPSA) is 96.7 Å². The van der Waals surface area contributed by atoms with Gasteiger partial charge in [0.1, 0.15) is 5.60 Å². The van der Waals surface area contributed by atoms with Gasteiger partial charge in [0.15, 0.2) is 0 Å². The summed E-state index contributed by atoms with van der Waals surface area (Å²) in [7, 11) is -2.17. The third-order valence-electron chi connectivity index (χ3n) is 2.98. The first-order valence-corrected chi connectivity index (χ1v) is 6.58. The molecular weight excluding hydrogens is 269 g/mol. The Labute approximate surface area is 111 Å². The highest BCUT2D eigenvalue weighted by atomic mass is 31.1. The number of carboxylic acids is 1. The number of aromatic nitrogens is 1. The van der Waals surface area contributed by atoms with E-state index in [0.717, 1.165) is 7.11 Å². The molecule has 7 heteroatoms. The van der Waals surface area contributed by atoms with Gasteiger partial charge in [-0.2, -0.15) is 0 Å². The minimum atomic E-state index is -3.24. The Morgan fingerprint density at radius 2 is 2.26 bits per heavy atom. The zero-order chi connectivity index (χ0) is 14.7. The van der Waals surface area contributed by atoms with Crippen molar-refractivity contribution in [3.8, 4) is 12.3 Å². The lowest BCUT2D eigenvalue weighted by atomic mass is 9.83. The predicted octanol–water partition coefficient (Wildman–Crippen LogP) is 0.867. The van der Waals surface area contributed by atoms with Crippen molar-refractivity contribution in [3.63, 3.8) is 0 Å². The van der Waals surface area contributed by atoms with Gasteiger partial charge in [-0.05, 0) is 13.0 Å². The van der Waals surface area contributed by atoms with Crippen LogP contribution < -0.4 is 0 Å². The lowest BCUT2D eigenvalue weighted by molar-refractivity contribution is -0.145. The Morgan fingerprint density at radius 1 is 1.63 bits per heavy atom. The first-order chi connectivity index (χ1) is 8.84. The Balaban J connectivity index is 3.54. The van der Waals surface area contributed by atoms with E-state index < -0.39 is 24.8 Å². The largest absolute Gasteiger partial charge is 0.480 e. The molecule has 0 aromatic carbocycles. The number of carboxylic acid groups (broad SMARTS) is 1. The highest BCUT2D eigenvalue weighted by molar-refractivity contribution is 7.43. The van der Waals surface area contributed by atoms with Gasteiger partial charge in [-0.1, -0.05) is 12.0 Å². The lowest BCUT2D eigenvalue weighted by Crippen LogP contribution is -2.52. The van der Waals surface area contributed by atoms with E-state index in [0.29, 0.717) is 0 Å². The van der Waals surface area contributed by atoms with Crippen molar-refractivity contribution in [1.29, 1.82) is 0 Å². The summed E-state index contributed by atoms with van der Waals surface area (Å²) in [6, 6.07) is 2.96. The second-order valence-electron chi connectivity index (χ2n) is 4.00. The van der Waals surface area contributed by atoms with E-state index in [2.05, 4.69) is 9.51 Å². The maximum Gasteiger partial charge on any atom is 0.335 e. The fourth-order valence-electron chi connectivity index (χ4n) is 1.78. The standard InChI is InChI=1S/C12H14NO5P/c1-4-12(10(14)15,19(17)18-3)11(2,16)9-6-5-7-13-8-9/h1,5-8,16,19H,2-3H3,(H,14,15). The normalized spacial score (nSPS) is 18.6. The van der Waals surface area contributed by atoms with Crippen LogP contribution in [0.15, 0.2) is 24.5 Å². The third-order valence-corrected chi connectivity index (χ3v) is 4.81. The molecule has 1 aromatic rings. The van der Waals surface area contributed by atoms with Gasteiger partial charge in [0.2, 0.25) is 13.2 Å². The van der Waals surface area contributed by atoms with Crippen LogP contribution in [0.25, 0.3) is 0 Å². The molecule has 0 spiro atoms. The van der Waals surface area contributed by atoms with Crippen LogP contribution in [-0.2, 0) is 19.5 Å². The molecule has 0 bridgehead atoms. The first kappa shape index (κ1) is 15.4. The van der Waals surface area contributed by atoms with Gasteiger partial charge in [-0.15, -0.1) is 6.42 Å². The molecule has 0 radical (unpaired) electrons. The van der Waals surface area contributed by atoms with Gasteiger partial charge in [-0.3, -0.25) is 9.55 Å². The molecule has 0 fully saturated rings. The quantitative estimate of drug-likeness (QED) is 0.614. The number of aliphatic hydroxyl groups is 1. The van der Waals surface area contributed by atoms with Crippen molar-refractivity contribution in [3.05, 3.63) is 30.1 Å². The Morgan fingerprint density at radius 3 is 2.63 bits per heavy atom. The number of carbonyl (C=O) groups is 1. The van der Waals surface area contributed by atoms with E-state index in [4.69, 9.17) is 6.42 Å². The van der Waals surface area contributed by atoms with Crippen molar-refractivity contribution in [1.82, 2.24) is 4.98 Å². The molecule has 1 rings (SSSR count). The summed E-state index contributed by atoms with van der Waals surface area (Å²) >= 11 is 0. The van der Waals surface area contributed by atoms with E-state index in [1.165, 1.54) is 31.5 Å². The molecule has 0 amide bonds. The van der Waals surface area contributed by atoms with Gasteiger partial charge >= 0.3 is 5.97 Å². The van der Waals surface area contributed by atoms with Gasteiger partial charge in [0.25, 0.3) is 0 Å². The summed E-state index contributed by atoms with van der Waals surface area (Å²) in [6.07, 6.45) is 7.96. The predicted molar refractivity (Wildman–Crippen MR) is 69.0 cm³/mol. The highest BCUT2D eigenvalue weighted by Crippen LogP contribution is 2.51. The average molecular weight is 283 g/mol. The number of pyridine rings is 1. The molecule has 1 heterocycles. The molecular formula is C12H14NO5P. The molecule has 102 valence electrons. The molecule has 1 aromatic heterocycles. The molecule has 0 aliphatic heterocycles. The summed E-state index contributed by atoms with van der Waals surface area (Å²) in [5, 5.41) is 17.5. The van der Waals surface area contributed by atoms with E-state index in [1.54, 1.807) is 0 Å². The number of aliphatic carboxylic acids is 1. The van der Waals surface area contributed by atoms with Gasteiger partial charge < -0.3 is 14.7 Å². The molecule has 0 aliphatic rings. The number of hydrogen-bond acceptors (Lipinski definition) is 5. The molecule has 2 N–H and O–H groups in total. The van der Waals surface area contributed by atoms with Gasteiger partial charge in [-0.25, -0.2) is 4.79 Å². The van der Waals surface area contributed by atoms with Crippen LogP contribution >= 0.6 is 8.03 Å². The molecule has 0 saturated heterocycles. The summed E-state index contributed by atoms with van der Waals surface area (Å²) < 4.78 is 16.6. The van der Waals surface area contributed by atoms with Crippen LogP contribution in [0.5, 0.6) is 0 Å². The zero-order valence-electron chi connectivity index (χ0n) is 10.5. The minimum absolute atomic E-state index is 0.144. The van der Waals surface area contributed by atoms with Crippen LogP contribution in [0.3, 0.4) is 0 Å². The Kier molecular flexibility index (Phi) is 4.48. The molecule has 0 saturated carbocycles. The SMILES string of the molecule is C#CC(C(=O)O)([PH](=O)OC)C(C)(O)c1cccnc1. The van der Waals surface area contributed by atoms with Gasteiger partial charge in [0, 0.05) is 25.1 Å². The first-order valence-electron chi connectivity index (χ1n) is 5.27. The Bertz CT molecular complexity index is 537. The number of rotatable bonds is 5. The molecule has 19 heavy (non-hydrogen) atoms. The summed E-state index contributed by atoms with van der Waals surface area (Å²) in [6.45, 7) is 1.18. The molecule has 6 nitrogen and oxygen atoms in total. The Hall–Kier alpha value is -1.67. The van der Waals surface area contributed by atoms with Crippen LogP contribution in [0, 0.1) is 12.3 Å². The number of nitrogens with zero attached hydrogens (tertiary/aromatic N) is 1. The number of hydrogen-bond donors (Lipinski definition) is 2. The number of terminal acetylenes is 1. The smallest absolute Gasteiger partial charge is 0.335 e.